The number of benzene rings is 2. The molecule has 0 aliphatic rings. The summed E-state index contributed by atoms with van der Waals surface area (Å²) in [6, 6.07) is 19.5. The zero-order valence-electron chi connectivity index (χ0n) is 16.1. The largest absolute Gasteiger partial charge is 0.481 e. The molecule has 1 aromatic heterocycles. The van der Waals surface area contributed by atoms with Crippen molar-refractivity contribution in [1.82, 2.24) is 20.3 Å². The van der Waals surface area contributed by atoms with Gasteiger partial charge in [0.25, 0.3) is 0 Å². The lowest BCUT2D eigenvalue weighted by Crippen LogP contribution is -2.26. The number of nitrogens with zero attached hydrogens (tertiary/aromatic N) is 3. The van der Waals surface area contributed by atoms with Crippen molar-refractivity contribution >= 4 is 11.9 Å². The van der Waals surface area contributed by atoms with Crippen LogP contribution in [0, 0.1) is 0 Å². The van der Waals surface area contributed by atoms with Gasteiger partial charge >= 0.3 is 5.97 Å². The number of rotatable bonds is 10. The minimum Gasteiger partial charge on any atom is -0.481 e. The standard InChI is InChI=1S/C22H24N4O3/c27-20(23-15-9-3-8-14-21(28)29)16-19-22(17-10-4-1-5-11-17)26(25-24-19)18-12-6-2-7-13-18/h1-2,4-7,10-13H,3,8-9,14-16H2,(H,23,27)(H,28,29). The van der Waals surface area contributed by atoms with E-state index in [-0.39, 0.29) is 18.7 Å². The Hall–Kier alpha value is -3.48. The van der Waals surface area contributed by atoms with Crippen molar-refractivity contribution in [1.29, 1.82) is 0 Å². The van der Waals surface area contributed by atoms with Crippen LogP contribution in [0.2, 0.25) is 0 Å². The van der Waals surface area contributed by atoms with Gasteiger partial charge in [0.05, 0.1) is 17.8 Å². The van der Waals surface area contributed by atoms with Crippen LogP contribution in [0.5, 0.6) is 0 Å². The number of para-hydroxylation sites is 1. The van der Waals surface area contributed by atoms with E-state index in [1.807, 2.05) is 60.7 Å². The summed E-state index contributed by atoms with van der Waals surface area (Å²) < 4.78 is 1.75. The Bertz CT molecular complexity index is 939. The predicted octanol–water partition coefficient (Wildman–Crippen LogP) is 3.24. The normalized spacial score (nSPS) is 10.6. The second-order valence-corrected chi connectivity index (χ2v) is 6.73. The highest BCUT2D eigenvalue weighted by Crippen LogP contribution is 2.25. The van der Waals surface area contributed by atoms with Crippen LogP contribution in [0.3, 0.4) is 0 Å². The molecule has 1 heterocycles. The number of amides is 1. The topological polar surface area (TPSA) is 97.1 Å². The summed E-state index contributed by atoms with van der Waals surface area (Å²) in [5.41, 5.74) is 3.23. The number of unbranched alkanes of at least 4 members (excludes halogenated alkanes) is 2. The Kier molecular flexibility index (Phi) is 7.10. The molecule has 0 aliphatic carbocycles. The lowest BCUT2D eigenvalue weighted by molar-refractivity contribution is -0.137. The van der Waals surface area contributed by atoms with E-state index in [4.69, 9.17) is 5.11 Å². The molecule has 0 saturated heterocycles. The Labute approximate surface area is 169 Å². The number of nitrogens with one attached hydrogen (secondary N) is 1. The molecule has 7 heteroatoms. The van der Waals surface area contributed by atoms with Gasteiger partial charge in [0.1, 0.15) is 5.69 Å². The highest BCUT2D eigenvalue weighted by Gasteiger charge is 2.18. The summed E-state index contributed by atoms with van der Waals surface area (Å²) in [5.74, 6) is -0.912. The molecule has 7 nitrogen and oxygen atoms in total. The maximum absolute atomic E-state index is 12.4. The average molecular weight is 392 g/mol. The molecule has 0 unspecified atom stereocenters. The van der Waals surface area contributed by atoms with Crippen LogP contribution >= 0.6 is 0 Å². The maximum Gasteiger partial charge on any atom is 0.303 e. The number of carbonyl (C=O) groups is 2. The van der Waals surface area contributed by atoms with Crippen molar-refractivity contribution in [3.05, 3.63) is 66.4 Å². The Morgan fingerprint density at radius 1 is 0.931 bits per heavy atom. The van der Waals surface area contributed by atoms with E-state index in [1.54, 1.807) is 4.68 Å². The highest BCUT2D eigenvalue weighted by atomic mass is 16.4. The summed E-state index contributed by atoms with van der Waals surface area (Å²) in [6.07, 6.45) is 2.44. The lowest BCUT2D eigenvalue weighted by Gasteiger charge is -2.09. The number of carbonyl (C=O) groups excluding carboxylic acids is 1. The molecule has 0 atom stereocenters. The van der Waals surface area contributed by atoms with Crippen LogP contribution in [-0.2, 0) is 16.0 Å². The molecule has 2 aromatic carbocycles. The van der Waals surface area contributed by atoms with E-state index in [0.717, 1.165) is 29.8 Å². The van der Waals surface area contributed by atoms with Gasteiger partial charge in [-0.05, 0) is 25.0 Å². The van der Waals surface area contributed by atoms with Crippen LogP contribution in [-0.4, -0.2) is 38.5 Å². The van der Waals surface area contributed by atoms with Crippen molar-refractivity contribution in [2.45, 2.75) is 32.1 Å². The van der Waals surface area contributed by atoms with Crippen LogP contribution < -0.4 is 5.32 Å². The van der Waals surface area contributed by atoms with Gasteiger partial charge in [0.2, 0.25) is 5.91 Å². The smallest absolute Gasteiger partial charge is 0.303 e. The Morgan fingerprint density at radius 2 is 1.62 bits per heavy atom. The first-order valence-electron chi connectivity index (χ1n) is 9.69. The van der Waals surface area contributed by atoms with Crippen molar-refractivity contribution in [2.75, 3.05) is 6.54 Å². The van der Waals surface area contributed by atoms with Gasteiger partial charge in [0.15, 0.2) is 0 Å². The van der Waals surface area contributed by atoms with Gasteiger partial charge in [-0.15, -0.1) is 5.10 Å². The van der Waals surface area contributed by atoms with Crippen LogP contribution in [0.25, 0.3) is 16.9 Å². The van der Waals surface area contributed by atoms with Gasteiger partial charge in [0, 0.05) is 18.5 Å². The molecular formula is C22H24N4O3. The van der Waals surface area contributed by atoms with Crippen molar-refractivity contribution in [3.63, 3.8) is 0 Å². The first kappa shape index (κ1) is 20.3. The molecule has 0 aliphatic heterocycles. The number of hydrogen-bond donors (Lipinski definition) is 2. The number of carboxylic acids is 1. The first-order valence-corrected chi connectivity index (χ1v) is 9.69. The fourth-order valence-electron chi connectivity index (χ4n) is 3.09. The maximum atomic E-state index is 12.4. The fraction of sp³-hybridized carbons (Fsp3) is 0.273. The molecule has 3 rings (SSSR count). The quantitative estimate of drug-likeness (QED) is 0.516. The SMILES string of the molecule is O=C(O)CCCCCNC(=O)Cc1nnn(-c2ccccc2)c1-c1ccccc1. The third-order valence-electron chi connectivity index (χ3n) is 4.51. The van der Waals surface area contributed by atoms with Gasteiger partial charge in [-0.25, -0.2) is 4.68 Å². The summed E-state index contributed by atoms with van der Waals surface area (Å²) >= 11 is 0. The van der Waals surface area contributed by atoms with Crippen LogP contribution in [0.4, 0.5) is 0 Å². The number of hydrogen-bond acceptors (Lipinski definition) is 4. The van der Waals surface area contributed by atoms with Gasteiger partial charge < -0.3 is 10.4 Å². The van der Waals surface area contributed by atoms with Gasteiger partial charge in [-0.2, -0.15) is 0 Å². The predicted molar refractivity (Wildman–Crippen MR) is 110 cm³/mol. The van der Waals surface area contributed by atoms with Crippen molar-refractivity contribution in [3.8, 4) is 16.9 Å². The van der Waals surface area contributed by atoms with E-state index in [9.17, 15) is 9.59 Å². The van der Waals surface area contributed by atoms with Crippen molar-refractivity contribution < 1.29 is 14.7 Å². The summed E-state index contributed by atoms with van der Waals surface area (Å²) in [5, 5.41) is 20.1. The fourth-order valence-corrected chi connectivity index (χ4v) is 3.09. The number of carboxylic acid groups (broad SMARTS) is 1. The molecule has 0 fully saturated rings. The Morgan fingerprint density at radius 3 is 2.31 bits per heavy atom. The number of aromatic nitrogens is 3. The zero-order chi connectivity index (χ0) is 20.5. The first-order chi connectivity index (χ1) is 14.1. The second kappa shape index (κ2) is 10.2. The monoisotopic (exact) mass is 392 g/mol. The molecule has 1 amide bonds. The molecule has 0 radical (unpaired) electrons. The van der Waals surface area contributed by atoms with E-state index >= 15 is 0 Å². The van der Waals surface area contributed by atoms with E-state index < -0.39 is 5.97 Å². The second-order valence-electron chi connectivity index (χ2n) is 6.73. The van der Waals surface area contributed by atoms with Gasteiger partial charge in [-0.1, -0.05) is 60.2 Å². The molecule has 150 valence electrons. The van der Waals surface area contributed by atoms with Crippen molar-refractivity contribution in [2.24, 2.45) is 0 Å². The third kappa shape index (κ3) is 5.75. The molecule has 3 aromatic rings. The number of aliphatic carboxylic acids is 1. The summed E-state index contributed by atoms with van der Waals surface area (Å²) in [4.78, 5) is 22.9. The molecule has 0 spiro atoms. The minimum absolute atomic E-state index is 0.125. The molecule has 0 bridgehead atoms. The summed E-state index contributed by atoms with van der Waals surface area (Å²) in [6.45, 7) is 0.520. The third-order valence-corrected chi connectivity index (χ3v) is 4.51. The van der Waals surface area contributed by atoms with E-state index in [1.165, 1.54) is 0 Å². The van der Waals surface area contributed by atoms with E-state index in [0.29, 0.717) is 18.7 Å². The van der Waals surface area contributed by atoms with Crippen LogP contribution in [0.1, 0.15) is 31.4 Å². The minimum atomic E-state index is -0.788. The molecule has 29 heavy (non-hydrogen) atoms. The average Bonchev–Trinajstić information content (AvgIpc) is 3.15. The Balaban J connectivity index is 1.69. The highest BCUT2D eigenvalue weighted by molar-refractivity contribution is 5.80. The lowest BCUT2D eigenvalue weighted by atomic mass is 10.1. The molecule has 2 N–H and O–H groups in total. The molecular weight excluding hydrogens is 368 g/mol. The van der Waals surface area contributed by atoms with Crippen LogP contribution in [0.15, 0.2) is 60.7 Å². The zero-order valence-corrected chi connectivity index (χ0v) is 16.1. The molecule has 0 saturated carbocycles. The van der Waals surface area contributed by atoms with Gasteiger partial charge in [-0.3, -0.25) is 9.59 Å². The summed E-state index contributed by atoms with van der Waals surface area (Å²) in [7, 11) is 0. The van der Waals surface area contributed by atoms with E-state index in [2.05, 4.69) is 15.6 Å².